The Morgan fingerprint density at radius 1 is 1.35 bits per heavy atom. The van der Waals surface area contributed by atoms with E-state index in [0.717, 1.165) is 42.5 Å². The summed E-state index contributed by atoms with van der Waals surface area (Å²) in [7, 11) is 2.15. The lowest BCUT2D eigenvalue weighted by Crippen LogP contribution is -2.45. The quantitative estimate of drug-likeness (QED) is 0.884. The Hall–Kier alpha value is -1.39. The Morgan fingerprint density at radius 2 is 2.05 bits per heavy atom. The maximum Gasteiger partial charge on any atom is 0.125 e. The van der Waals surface area contributed by atoms with Crippen molar-refractivity contribution < 1.29 is 4.39 Å². The summed E-state index contributed by atoms with van der Waals surface area (Å²) in [5.41, 5.74) is 9.48. The molecular weight excluding hydrogens is 253 g/mol. The van der Waals surface area contributed by atoms with E-state index < -0.39 is 0 Å². The van der Waals surface area contributed by atoms with Crippen LogP contribution in [0.4, 0.5) is 4.39 Å². The van der Waals surface area contributed by atoms with Crippen molar-refractivity contribution in [2.75, 3.05) is 26.7 Å². The molecule has 1 aromatic carbocycles. The van der Waals surface area contributed by atoms with Crippen molar-refractivity contribution in [2.45, 2.75) is 25.2 Å². The molecule has 0 amide bonds. The molecule has 0 saturated carbocycles. The van der Waals surface area contributed by atoms with Crippen molar-refractivity contribution in [1.82, 2.24) is 9.88 Å². The highest BCUT2D eigenvalue weighted by atomic mass is 19.1. The van der Waals surface area contributed by atoms with E-state index >= 15 is 0 Å². The third kappa shape index (κ3) is 2.03. The Bertz CT molecular complexity index is 624. The molecule has 0 radical (unpaired) electrons. The molecule has 1 aliphatic heterocycles. The number of nitrogens with two attached hydrogens (primary N) is 1. The van der Waals surface area contributed by atoms with Crippen molar-refractivity contribution in [3.8, 4) is 0 Å². The van der Waals surface area contributed by atoms with Crippen LogP contribution in [0.2, 0.25) is 0 Å². The van der Waals surface area contributed by atoms with Crippen LogP contribution in [0.25, 0.3) is 10.9 Å². The molecule has 3 N–H and O–H groups in total. The number of aromatic nitrogens is 1. The number of aryl methyl sites for hydroxylation is 1. The van der Waals surface area contributed by atoms with Crippen LogP contribution < -0.4 is 5.73 Å². The minimum atomic E-state index is -0.199. The summed E-state index contributed by atoms with van der Waals surface area (Å²) in [5.74, 6) is -0.199. The second kappa shape index (κ2) is 4.86. The maximum atomic E-state index is 13.4. The highest BCUT2D eigenvalue weighted by Crippen LogP contribution is 2.40. The molecular formula is C16H22FN3. The number of benzene rings is 1. The van der Waals surface area contributed by atoms with Crippen LogP contribution in [0.1, 0.15) is 24.1 Å². The van der Waals surface area contributed by atoms with Gasteiger partial charge >= 0.3 is 0 Å². The number of likely N-dealkylation sites (tertiary alicyclic amines) is 1. The van der Waals surface area contributed by atoms with Crippen molar-refractivity contribution in [1.29, 1.82) is 0 Å². The van der Waals surface area contributed by atoms with E-state index in [1.165, 1.54) is 11.6 Å². The van der Waals surface area contributed by atoms with E-state index in [1.807, 2.05) is 6.07 Å². The molecule has 0 atom stereocenters. The van der Waals surface area contributed by atoms with Gasteiger partial charge in [-0.1, -0.05) is 0 Å². The van der Waals surface area contributed by atoms with Crippen molar-refractivity contribution in [3.05, 3.63) is 35.3 Å². The molecule has 2 aromatic rings. The predicted octanol–water partition coefficient (Wildman–Crippen LogP) is 2.54. The van der Waals surface area contributed by atoms with Gasteiger partial charge in [0.1, 0.15) is 5.82 Å². The molecule has 0 bridgehead atoms. The van der Waals surface area contributed by atoms with E-state index in [1.54, 1.807) is 6.07 Å². The third-order valence-electron chi connectivity index (χ3n) is 4.81. The smallest absolute Gasteiger partial charge is 0.125 e. The molecule has 0 unspecified atom stereocenters. The lowest BCUT2D eigenvalue weighted by Gasteiger charge is -2.40. The number of hydrogen-bond acceptors (Lipinski definition) is 2. The molecule has 2 heterocycles. The number of piperidine rings is 1. The Labute approximate surface area is 119 Å². The van der Waals surface area contributed by atoms with Crippen LogP contribution in [0, 0.1) is 12.7 Å². The number of fused-ring (bicyclic) bond motifs is 1. The number of nitrogens with zero attached hydrogens (tertiary/aromatic N) is 1. The highest BCUT2D eigenvalue weighted by molar-refractivity contribution is 5.86. The van der Waals surface area contributed by atoms with Gasteiger partial charge in [0.25, 0.3) is 0 Å². The second-order valence-corrected chi connectivity index (χ2v) is 6.10. The molecule has 0 spiro atoms. The zero-order chi connectivity index (χ0) is 14.3. The minimum Gasteiger partial charge on any atom is -0.358 e. The van der Waals surface area contributed by atoms with Crippen LogP contribution in [0.5, 0.6) is 0 Å². The summed E-state index contributed by atoms with van der Waals surface area (Å²) in [5, 5.41) is 1.12. The van der Waals surface area contributed by atoms with E-state index in [4.69, 9.17) is 5.73 Å². The second-order valence-electron chi connectivity index (χ2n) is 6.10. The van der Waals surface area contributed by atoms with Gasteiger partial charge in [-0.15, -0.1) is 0 Å². The molecule has 3 nitrogen and oxygen atoms in total. The average Bonchev–Trinajstić information content (AvgIpc) is 2.76. The van der Waals surface area contributed by atoms with Crippen LogP contribution in [0.15, 0.2) is 18.2 Å². The molecule has 1 fully saturated rings. The fourth-order valence-electron chi connectivity index (χ4n) is 3.59. The normalized spacial score (nSPS) is 19.6. The zero-order valence-corrected chi connectivity index (χ0v) is 12.2. The summed E-state index contributed by atoms with van der Waals surface area (Å²) < 4.78 is 13.4. The lowest BCUT2D eigenvalue weighted by molar-refractivity contribution is 0.192. The van der Waals surface area contributed by atoms with Crippen LogP contribution in [-0.4, -0.2) is 36.6 Å². The minimum absolute atomic E-state index is 0.0205. The fourth-order valence-corrected chi connectivity index (χ4v) is 3.59. The molecule has 1 saturated heterocycles. The predicted molar refractivity (Wildman–Crippen MR) is 80.5 cm³/mol. The van der Waals surface area contributed by atoms with E-state index in [2.05, 4.69) is 23.9 Å². The molecule has 4 heteroatoms. The van der Waals surface area contributed by atoms with Crippen LogP contribution >= 0.6 is 0 Å². The molecule has 20 heavy (non-hydrogen) atoms. The SMILES string of the molecule is Cc1[nH]c2cc(F)ccc2c1C1(CN)CCN(C)CC1. The van der Waals surface area contributed by atoms with Gasteiger partial charge in [0.15, 0.2) is 0 Å². The fraction of sp³-hybridized carbons (Fsp3) is 0.500. The van der Waals surface area contributed by atoms with Gasteiger partial charge in [-0.05, 0) is 63.7 Å². The molecule has 1 aromatic heterocycles. The van der Waals surface area contributed by atoms with Crippen molar-refractivity contribution in [3.63, 3.8) is 0 Å². The van der Waals surface area contributed by atoms with E-state index in [9.17, 15) is 4.39 Å². The summed E-state index contributed by atoms with van der Waals surface area (Å²) >= 11 is 0. The van der Waals surface area contributed by atoms with Gasteiger partial charge in [-0.3, -0.25) is 0 Å². The van der Waals surface area contributed by atoms with Gasteiger partial charge in [0.2, 0.25) is 0 Å². The first-order chi connectivity index (χ1) is 9.55. The number of aromatic amines is 1. The molecule has 3 rings (SSSR count). The first kappa shape index (κ1) is 13.6. The monoisotopic (exact) mass is 275 g/mol. The number of halogens is 1. The van der Waals surface area contributed by atoms with Crippen molar-refractivity contribution >= 4 is 10.9 Å². The van der Waals surface area contributed by atoms with E-state index in [-0.39, 0.29) is 11.2 Å². The van der Waals surface area contributed by atoms with E-state index in [0.29, 0.717) is 6.54 Å². The van der Waals surface area contributed by atoms with Gasteiger partial charge in [0, 0.05) is 28.6 Å². The molecule has 1 aliphatic rings. The molecule has 108 valence electrons. The Morgan fingerprint density at radius 3 is 2.70 bits per heavy atom. The number of rotatable bonds is 2. The van der Waals surface area contributed by atoms with Crippen LogP contribution in [0.3, 0.4) is 0 Å². The number of nitrogens with one attached hydrogen (secondary N) is 1. The first-order valence-corrected chi connectivity index (χ1v) is 7.23. The Kier molecular flexibility index (Phi) is 3.30. The summed E-state index contributed by atoms with van der Waals surface area (Å²) in [6, 6.07) is 5.00. The zero-order valence-electron chi connectivity index (χ0n) is 12.2. The van der Waals surface area contributed by atoms with Gasteiger partial charge in [-0.25, -0.2) is 4.39 Å². The third-order valence-corrected chi connectivity index (χ3v) is 4.81. The standard InChI is InChI=1S/C16H22FN3/c1-11-15(13-4-3-12(17)9-14(13)19-11)16(10-18)5-7-20(2)8-6-16/h3-4,9,19H,5-8,10,18H2,1-2H3. The van der Waals surface area contributed by atoms with Gasteiger partial charge in [-0.2, -0.15) is 0 Å². The van der Waals surface area contributed by atoms with Crippen LogP contribution in [-0.2, 0) is 5.41 Å². The molecule has 0 aliphatic carbocycles. The highest BCUT2D eigenvalue weighted by Gasteiger charge is 2.37. The van der Waals surface area contributed by atoms with Gasteiger partial charge < -0.3 is 15.6 Å². The largest absolute Gasteiger partial charge is 0.358 e. The van der Waals surface area contributed by atoms with Crippen molar-refractivity contribution in [2.24, 2.45) is 5.73 Å². The topological polar surface area (TPSA) is 45.1 Å². The van der Waals surface area contributed by atoms with Gasteiger partial charge in [0.05, 0.1) is 0 Å². The summed E-state index contributed by atoms with van der Waals surface area (Å²) in [6.07, 6.45) is 2.12. The number of H-pyrrole nitrogens is 1. The summed E-state index contributed by atoms with van der Waals surface area (Å²) in [6.45, 7) is 4.84. The average molecular weight is 275 g/mol. The lowest BCUT2D eigenvalue weighted by atomic mass is 9.71. The number of hydrogen-bond donors (Lipinski definition) is 2. The Balaban J connectivity index is 2.14. The summed E-state index contributed by atoms with van der Waals surface area (Å²) in [4.78, 5) is 5.67. The first-order valence-electron chi connectivity index (χ1n) is 7.23. The maximum absolute atomic E-state index is 13.4.